The molecule has 0 amide bonds. The van der Waals surface area contributed by atoms with E-state index in [1.807, 2.05) is 6.92 Å². The summed E-state index contributed by atoms with van der Waals surface area (Å²) >= 11 is 6.59. The second-order valence-electron chi connectivity index (χ2n) is 4.23. The summed E-state index contributed by atoms with van der Waals surface area (Å²) in [6.07, 6.45) is 0.174. The molecule has 0 saturated heterocycles. The van der Waals surface area contributed by atoms with Gasteiger partial charge in [-0.25, -0.2) is 4.39 Å². The van der Waals surface area contributed by atoms with Gasteiger partial charge in [0, 0.05) is 17.1 Å². The highest BCUT2D eigenvalue weighted by Gasteiger charge is 2.16. The number of nitrogens with zero attached hydrogens (tertiary/aromatic N) is 2. The number of ketones is 1. The monoisotopic (exact) mass is 388 g/mol. The fourth-order valence-corrected chi connectivity index (χ4v) is 2.78. The maximum absolute atomic E-state index is 13.3. The smallest absolute Gasteiger partial charge is 0.168 e. The van der Waals surface area contributed by atoms with Crippen LogP contribution in [0, 0.1) is 12.7 Å². The standard InChI is InChI=1S/C13H11Br2FN2O/c1-7-13(15)11(18(2)17-7)6-12(19)8-3-9(14)5-10(16)4-8/h3-5H,6H2,1-2H3. The van der Waals surface area contributed by atoms with E-state index in [0.717, 1.165) is 15.9 Å². The molecular formula is C13H11Br2FN2O. The van der Waals surface area contributed by atoms with E-state index >= 15 is 0 Å². The fourth-order valence-electron chi connectivity index (χ4n) is 1.84. The summed E-state index contributed by atoms with van der Waals surface area (Å²) in [7, 11) is 1.78. The van der Waals surface area contributed by atoms with Crippen molar-refractivity contribution in [3.8, 4) is 0 Å². The van der Waals surface area contributed by atoms with Crippen LogP contribution in [0.1, 0.15) is 21.7 Å². The van der Waals surface area contributed by atoms with Crippen molar-refractivity contribution in [3.05, 3.63) is 49.9 Å². The lowest BCUT2D eigenvalue weighted by molar-refractivity contribution is 0.0990. The van der Waals surface area contributed by atoms with Crippen molar-refractivity contribution in [2.75, 3.05) is 0 Å². The van der Waals surface area contributed by atoms with E-state index in [1.165, 1.54) is 12.1 Å². The third-order valence-electron chi connectivity index (χ3n) is 2.77. The largest absolute Gasteiger partial charge is 0.294 e. The molecule has 0 aliphatic heterocycles. The first-order valence-electron chi connectivity index (χ1n) is 5.55. The Morgan fingerprint density at radius 1 is 1.37 bits per heavy atom. The number of benzene rings is 1. The number of Topliss-reactive ketones (excluding diaryl/α,β-unsaturated/α-hetero) is 1. The summed E-state index contributed by atoms with van der Waals surface area (Å²) < 4.78 is 16.3. The number of carbonyl (C=O) groups excluding carboxylic acids is 1. The fraction of sp³-hybridized carbons (Fsp3) is 0.231. The van der Waals surface area contributed by atoms with Crippen LogP contribution < -0.4 is 0 Å². The van der Waals surface area contributed by atoms with Gasteiger partial charge < -0.3 is 0 Å². The van der Waals surface area contributed by atoms with E-state index in [4.69, 9.17) is 0 Å². The van der Waals surface area contributed by atoms with Gasteiger partial charge in [-0.1, -0.05) is 15.9 Å². The molecule has 0 saturated carbocycles. The average Bonchev–Trinajstić information content (AvgIpc) is 2.54. The van der Waals surface area contributed by atoms with Crippen LogP contribution in [0.4, 0.5) is 4.39 Å². The molecule has 100 valence electrons. The minimum Gasteiger partial charge on any atom is -0.294 e. The minimum absolute atomic E-state index is 0.149. The Hall–Kier alpha value is -1.01. The summed E-state index contributed by atoms with van der Waals surface area (Å²) in [6.45, 7) is 1.86. The first-order chi connectivity index (χ1) is 8.88. The SMILES string of the molecule is Cc1nn(C)c(CC(=O)c2cc(F)cc(Br)c2)c1Br. The second-order valence-corrected chi connectivity index (χ2v) is 5.94. The zero-order valence-corrected chi connectivity index (χ0v) is 13.5. The van der Waals surface area contributed by atoms with Gasteiger partial charge in [-0.05, 0) is 41.1 Å². The molecule has 3 nitrogen and oxygen atoms in total. The van der Waals surface area contributed by atoms with Crippen LogP contribution in [0.25, 0.3) is 0 Å². The zero-order chi connectivity index (χ0) is 14.2. The first kappa shape index (κ1) is 14.4. The van der Waals surface area contributed by atoms with E-state index in [9.17, 15) is 9.18 Å². The Morgan fingerprint density at radius 2 is 2.05 bits per heavy atom. The Kier molecular flexibility index (Phi) is 4.20. The molecule has 19 heavy (non-hydrogen) atoms. The van der Waals surface area contributed by atoms with Crippen LogP contribution in [0.3, 0.4) is 0 Å². The maximum Gasteiger partial charge on any atom is 0.168 e. The molecule has 0 unspecified atom stereocenters. The van der Waals surface area contributed by atoms with Crippen molar-refractivity contribution < 1.29 is 9.18 Å². The lowest BCUT2D eigenvalue weighted by Crippen LogP contribution is -2.08. The number of aromatic nitrogens is 2. The van der Waals surface area contributed by atoms with E-state index in [2.05, 4.69) is 37.0 Å². The third-order valence-corrected chi connectivity index (χ3v) is 4.26. The van der Waals surface area contributed by atoms with Crippen molar-refractivity contribution >= 4 is 37.6 Å². The summed E-state index contributed by atoms with van der Waals surface area (Å²) in [5.74, 6) is -0.582. The van der Waals surface area contributed by atoms with Crippen LogP contribution in [0.2, 0.25) is 0 Å². The Balaban J connectivity index is 2.30. The lowest BCUT2D eigenvalue weighted by Gasteiger charge is -2.04. The van der Waals surface area contributed by atoms with Gasteiger partial charge >= 0.3 is 0 Å². The van der Waals surface area contributed by atoms with Crippen molar-refractivity contribution in [3.63, 3.8) is 0 Å². The van der Waals surface area contributed by atoms with Gasteiger partial charge in [-0.2, -0.15) is 5.10 Å². The van der Waals surface area contributed by atoms with Gasteiger partial charge in [0.15, 0.2) is 5.78 Å². The Bertz CT molecular complexity index is 632. The molecule has 1 heterocycles. The Morgan fingerprint density at radius 3 is 2.58 bits per heavy atom. The lowest BCUT2D eigenvalue weighted by atomic mass is 10.1. The molecule has 1 aromatic carbocycles. The van der Waals surface area contributed by atoms with Crippen LogP contribution in [0.15, 0.2) is 27.1 Å². The summed E-state index contributed by atoms with van der Waals surface area (Å²) in [5, 5.41) is 4.23. The molecule has 0 radical (unpaired) electrons. The molecule has 0 spiro atoms. The predicted molar refractivity (Wildman–Crippen MR) is 77.8 cm³/mol. The van der Waals surface area contributed by atoms with Crippen molar-refractivity contribution in [2.45, 2.75) is 13.3 Å². The summed E-state index contributed by atoms with van der Waals surface area (Å²) in [5.41, 5.74) is 1.95. The van der Waals surface area contributed by atoms with Gasteiger partial charge in [0.25, 0.3) is 0 Å². The van der Waals surface area contributed by atoms with Crippen LogP contribution >= 0.6 is 31.9 Å². The Labute approximate surface area is 127 Å². The highest BCUT2D eigenvalue weighted by atomic mass is 79.9. The van der Waals surface area contributed by atoms with Gasteiger partial charge in [0.05, 0.1) is 22.3 Å². The first-order valence-corrected chi connectivity index (χ1v) is 7.14. The zero-order valence-electron chi connectivity index (χ0n) is 10.4. The van der Waals surface area contributed by atoms with Gasteiger partial charge in [0.2, 0.25) is 0 Å². The van der Waals surface area contributed by atoms with Crippen LogP contribution in [-0.2, 0) is 13.5 Å². The molecule has 0 N–H and O–H groups in total. The normalized spacial score (nSPS) is 10.8. The van der Waals surface area contributed by atoms with Crippen LogP contribution in [-0.4, -0.2) is 15.6 Å². The quantitative estimate of drug-likeness (QED) is 0.748. The molecule has 6 heteroatoms. The minimum atomic E-state index is -0.432. The average molecular weight is 390 g/mol. The van der Waals surface area contributed by atoms with E-state index < -0.39 is 5.82 Å². The molecular weight excluding hydrogens is 379 g/mol. The van der Waals surface area contributed by atoms with E-state index in [0.29, 0.717) is 10.0 Å². The molecule has 0 aliphatic carbocycles. The van der Waals surface area contributed by atoms with Crippen molar-refractivity contribution in [2.24, 2.45) is 7.05 Å². The number of aryl methyl sites for hydroxylation is 2. The number of rotatable bonds is 3. The number of hydrogen-bond acceptors (Lipinski definition) is 2. The van der Waals surface area contributed by atoms with Crippen molar-refractivity contribution in [1.82, 2.24) is 9.78 Å². The maximum atomic E-state index is 13.3. The molecule has 0 atom stereocenters. The molecule has 2 aromatic rings. The summed E-state index contributed by atoms with van der Waals surface area (Å²) in [4.78, 5) is 12.2. The van der Waals surface area contributed by atoms with E-state index in [-0.39, 0.29) is 12.2 Å². The van der Waals surface area contributed by atoms with Crippen LogP contribution in [0.5, 0.6) is 0 Å². The highest BCUT2D eigenvalue weighted by Crippen LogP contribution is 2.23. The molecule has 2 rings (SSSR count). The predicted octanol–water partition coefficient (Wildman–Crippen LogP) is 3.82. The van der Waals surface area contributed by atoms with Gasteiger partial charge in [-0.15, -0.1) is 0 Å². The second kappa shape index (κ2) is 5.54. The topological polar surface area (TPSA) is 34.9 Å². The number of carbonyl (C=O) groups is 1. The molecule has 0 fully saturated rings. The molecule has 0 aliphatic rings. The van der Waals surface area contributed by atoms with Gasteiger partial charge in [-0.3, -0.25) is 9.48 Å². The number of hydrogen-bond donors (Lipinski definition) is 0. The van der Waals surface area contributed by atoms with Crippen molar-refractivity contribution in [1.29, 1.82) is 0 Å². The highest BCUT2D eigenvalue weighted by molar-refractivity contribution is 9.10. The summed E-state index contributed by atoms with van der Waals surface area (Å²) in [6, 6.07) is 4.17. The third kappa shape index (κ3) is 3.12. The molecule has 1 aromatic heterocycles. The van der Waals surface area contributed by atoms with E-state index in [1.54, 1.807) is 17.8 Å². The van der Waals surface area contributed by atoms with Gasteiger partial charge in [0.1, 0.15) is 5.82 Å². The molecule has 0 bridgehead atoms. The number of halogens is 3.